The van der Waals surface area contributed by atoms with E-state index in [2.05, 4.69) is 5.32 Å². The lowest BCUT2D eigenvalue weighted by Gasteiger charge is -2.15. The number of carboxylic acid groups (broad SMARTS) is 1. The van der Waals surface area contributed by atoms with Gasteiger partial charge in [-0.05, 0) is 13.8 Å². The first kappa shape index (κ1) is 8.23. The Morgan fingerprint density at radius 3 is 2.22 bits per heavy atom. The molecule has 0 unspecified atom stereocenters. The first-order valence-corrected chi connectivity index (χ1v) is 2.61. The van der Waals surface area contributed by atoms with Gasteiger partial charge in [-0.25, -0.2) is 4.79 Å². The van der Waals surface area contributed by atoms with E-state index in [-0.39, 0.29) is 6.54 Å². The molecule has 9 heavy (non-hydrogen) atoms. The van der Waals surface area contributed by atoms with E-state index in [9.17, 15) is 4.79 Å². The zero-order valence-corrected chi connectivity index (χ0v) is 5.51. The normalized spacial score (nSPS) is 11.0. The summed E-state index contributed by atoms with van der Waals surface area (Å²) < 4.78 is 0. The van der Waals surface area contributed by atoms with Crippen LogP contribution in [0.4, 0.5) is 4.79 Å². The quantitative estimate of drug-likeness (QED) is 0.497. The Morgan fingerprint density at radius 1 is 1.67 bits per heavy atom. The molecule has 0 aliphatic carbocycles. The number of nitrogens with one attached hydrogen (secondary N) is 1. The molecule has 0 spiro atoms. The lowest BCUT2D eigenvalue weighted by Crippen LogP contribution is -2.37. The van der Waals surface area contributed by atoms with E-state index in [1.165, 1.54) is 13.8 Å². The zero-order valence-electron chi connectivity index (χ0n) is 5.51. The minimum absolute atomic E-state index is 0.0579. The van der Waals surface area contributed by atoms with Crippen LogP contribution in [0.5, 0.6) is 0 Å². The molecule has 0 aliphatic rings. The molecule has 1 amide bonds. The SMILES string of the molecule is CC(C)(O)CNC(=O)O. The van der Waals surface area contributed by atoms with Gasteiger partial charge in [0.05, 0.1) is 5.60 Å². The number of rotatable bonds is 2. The monoisotopic (exact) mass is 133 g/mol. The van der Waals surface area contributed by atoms with Crippen LogP contribution in [0.1, 0.15) is 13.8 Å². The van der Waals surface area contributed by atoms with Crippen LogP contribution >= 0.6 is 0 Å². The van der Waals surface area contributed by atoms with Crippen molar-refractivity contribution in [2.75, 3.05) is 6.54 Å². The predicted molar refractivity (Wildman–Crippen MR) is 32.3 cm³/mol. The van der Waals surface area contributed by atoms with Crippen LogP contribution in [0, 0.1) is 0 Å². The maximum absolute atomic E-state index is 9.82. The van der Waals surface area contributed by atoms with E-state index in [1.807, 2.05) is 0 Å². The Balaban J connectivity index is 3.39. The van der Waals surface area contributed by atoms with Crippen molar-refractivity contribution in [3.63, 3.8) is 0 Å². The minimum atomic E-state index is -1.11. The molecule has 0 heterocycles. The lowest BCUT2D eigenvalue weighted by atomic mass is 10.1. The van der Waals surface area contributed by atoms with Crippen LogP contribution in [0.2, 0.25) is 0 Å². The summed E-state index contributed by atoms with van der Waals surface area (Å²) in [6.07, 6.45) is -1.11. The Bertz CT molecular complexity index is 105. The molecule has 4 nitrogen and oxygen atoms in total. The van der Waals surface area contributed by atoms with Crippen LogP contribution in [0.25, 0.3) is 0 Å². The second-order valence-electron chi connectivity index (χ2n) is 2.47. The van der Waals surface area contributed by atoms with Crippen molar-refractivity contribution in [2.45, 2.75) is 19.4 Å². The van der Waals surface area contributed by atoms with E-state index in [0.717, 1.165) is 0 Å². The second-order valence-corrected chi connectivity index (χ2v) is 2.47. The summed E-state index contributed by atoms with van der Waals surface area (Å²) in [5, 5.41) is 19.0. The average Bonchev–Trinajstić information content (AvgIpc) is 1.59. The first-order chi connectivity index (χ1) is 3.92. The summed E-state index contributed by atoms with van der Waals surface area (Å²) in [7, 11) is 0. The average molecular weight is 133 g/mol. The molecule has 0 aromatic heterocycles. The molecule has 0 saturated heterocycles. The molecule has 54 valence electrons. The van der Waals surface area contributed by atoms with Gasteiger partial charge in [0, 0.05) is 6.54 Å². The van der Waals surface area contributed by atoms with Crippen molar-refractivity contribution in [3.8, 4) is 0 Å². The molecule has 0 atom stereocenters. The van der Waals surface area contributed by atoms with Gasteiger partial charge in [-0.15, -0.1) is 0 Å². The van der Waals surface area contributed by atoms with Crippen LogP contribution in [0.3, 0.4) is 0 Å². The van der Waals surface area contributed by atoms with Crippen molar-refractivity contribution in [3.05, 3.63) is 0 Å². The van der Waals surface area contributed by atoms with Gasteiger partial charge in [0.2, 0.25) is 0 Å². The van der Waals surface area contributed by atoms with Gasteiger partial charge in [-0.3, -0.25) is 0 Å². The Kier molecular flexibility index (Phi) is 2.45. The van der Waals surface area contributed by atoms with Crippen LogP contribution in [0.15, 0.2) is 0 Å². The minimum Gasteiger partial charge on any atom is -0.465 e. The summed E-state index contributed by atoms with van der Waals surface area (Å²) >= 11 is 0. The molecular formula is C5H11NO3. The third kappa shape index (κ3) is 7.23. The van der Waals surface area contributed by atoms with Crippen molar-refractivity contribution < 1.29 is 15.0 Å². The van der Waals surface area contributed by atoms with Crippen molar-refractivity contribution in [2.24, 2.45) is 0 Å². The molecule has 0 fully saturated rings. The highest BCUT2D eigenvalue weighted by Gasteiger charge is 2.12. The van der Waals surface area contributed by atoms with Crippen LogP contribution in [-0.4, -0.2) is 28.5 Å². The summed E-state index contributed by atoms with van der Waals surface area (Å²) in [5.74, 6) is 0. The lowest BCUT2D eigenvalue weighted by molar-refractivity contribution is 0.0785. The zero-order chi connectivity index (χ0) is 7.49. The smallest absolute Gasteiger partial charge is 0.404 e. The van der Waals surface area contributed by atoms with Gasteiger partial charge in [-0.1, -0.05) is 0 Å². The fourth-order valence-corrected chi connectivity index (χ4v) is 0.292. The number of amides is 1. The van der Waals surface area contributed by atoms with E-state index >= 15 is 0 Å². The summed E-state index contributed by atoms with van der Waals surface area (Å²) in [5.41, 5.74) is -0.960. The highest BCUT2D eigenvalue weighted by atomic mass is 16.4. The van der Waals surface area contributed by atoms with Gasteiger partial charge in [0.25, 0.3) is 0 Å². The Hall–Kier alpha value is -0.770. The highest BCUT2D eigenvalue weighted by molar-refractivity contribution is 5.64. The molecule has 3 N–H and O–H groups in total. The molecule has 0 bridgehead atoms. The molecule has 0 rings (SSSR count). The van der Waals surface area contributed by atoms with Gasteiger partial charge in [0.1, 0.15) is 0 Å². The predicted octanol–water partition coefficient (Wildman–Crippen LogP) is 0.0249. The number of hydrogen-bond donors (Lipinski definition) is 3. The topological polar surface area (TPSA) is 69.6 Å². The molecule has 0 aliphatic heterocycles. The van der Waals surface area contributed by atoms with E-state index in [1.54, 1.807) is 0 Å². The van der Waals surface area contributed by atoms with Gasteiger partial charge < -0.3 is 15.5 Å². The van der Waals surface area contributed by atoms with E-state index in [4.69, 9.17) is 10.2 Å². The fraction of sp³-hybridized carbons (Fsp3) is 0.800. The Labute approximate surface area is 53.5 Å². The molecule has 4 heteroatoms. The highest BCUT2D eigenvalue weighted by Crippen LogP contribution is 1.96. The van der Waals surface area contributed by atoms with Crippen LogP contribution < -0.4 is 5.32 Å². The summed E-state index contributed by atoms with van der Waals surface area (Å²) in [6.45, 7) is 3.12. The van der Waals surface area contributed by atoms with Crippen molar-refractivity contribution in [1.29, 1.82) is 0 Å². The third-order valence-corrected chi connectivity index (χ3v) is 0.672. The maximum atomic E-state index is 9.82. The number of carbonyl (C=O) groups is 1. The molecule has 0 aromatic carbocycles. The maximum Gasteiger partial charge on any atom is 0.404 e. The van der Waals surface area contributed by atoms with Crippen molar-refractivity contribution >= 4 is 6.09 Å². The number of hydrogen-bond acceptors (Lipinski definition) is 2. The summed E-state index contributed by atoms with van der Waals surface area (Å²) in [6, 6.07) is 0. The Morgan fingerprint density at radius 2 is 2.11 bits per heavy atom. The third-order valence-electron chi connectivity index (χ3n) is 0.672. The molecular weight excluding hydrogens is 122 g/mol. The van der Waals surface area contributed by atoms with E-state index in [0.29, 0.717) is 0 Å². The van der Waals surface area contributed by atoms with E-state index < -0.39 is 11.7 Å². The molecule has 0 aromatic rings. The van der Waals surface area contributed by atoms with Gasteiger partial charge in [-0.2, -0.15) is 0 Å². The summed E-state index contributed by atoms with van der Waals surface area (Å²) in [4.78, 5) is 9.82. The second kappa shape index (κ2) is 2.68. The largest absolute Gasteiger partial charge is 0.465 e. The van der Waals surface area contributed by atoms with Crippen LogP contribution in [-0.2, 0) is 0 Å². The van der Waals surface area contributed by atoms with Gasteiger partial charge in [0.15, 0.2) is 0 Å². The fourth-order valence-electron chi connectivity index (χ4n) is 0.292. The molecule has 0 saturated carbocycles. The number of aliphatic hydroxyl groups is 1. The standard InChI is InChI=1S/C5H11NO3/c1-5(2,9)3-6-4(7)8/h6,9H,3H2,1-2H3,(H,7,8). The van der Waals surface area contributed by atoms with Gasteiger partial charge >= 0.3 is 6.09 Å². The molecule has 0 radical (unpaired) electrons. The van der Waals surface area contributed by atoms with Crippen molar-refractivity contribution in [1.82, 2.24) is 5.32 Å². The first-order valence-electron chi connectivity index (χ1n) is 2.61.